The highest BCUT2D eigenvalue weighted by atomic mass is 79.9. The van der Waals surface area contributed by atoms with Gasteiger partial charge in [0.05, 0.1) is 5.56 Å². The lowest BCUT2D eigenvalue weighted by atomic mass is 10.2. The molecule has 1 amide bonds. The molecular formula is C14H13BrN2O. The lowest BCUT2D eigenvalue weighted by Crippen LogP contribution is -2.26. The number of hydrogen-bond acceptors (Lipinski definition) is 2. The molecule has 4 heteroatoms. The normalized spacial score (nSPS) is 10.1. The lowest BCUT2D eigenvalue weighted by Gasteiger charge is -2.17. The zero-order valence-corrected chi connectivity index (χ0v) is 11.6. The monoisotopic (exact) mass is 304 g/mol. The van der Waals surface area contributed by atoms with Crippen LogP contribution in [0.5, 0.6) is 0 Å². The van der Waals surface area contributed by atoms with E-state index in [1.54, 1.807) is 30.4 Å². The molecule has 1 heterocycles. The van der Waals surface area contributed by atoms with Gasteiger partial charge in [-0.1, -0.05) is 30.3 Å². The van der Waals surface area contributed by atoms with Gasteiger partial charge in [-0.15, -0.1) is 0 Å². The summed E-state index contributed by atoms with van der Waals surface area (Å²) < 4.78 is 0.718. The molecule has 1 aromatic carbocycles. The minimum atomic E-state index is -0.0203. The summed E-state index contributed by atoms with van der Waals surface area (Å²) in [5.41, 5.74) is 1.74. The van der Waals surface area contributed by atoms with Crippen LogP contribution in [0.1, 0.15) is 15.9 Å². The van der Waals surface area contributed by atoms with Crippen LogP contribution in [0.2, 0.25) is 0 Å². The minimum absolute atomic E-state index is 0.0203. The minimum Gasteiger partial charge on any atom is -0.337 e. The predicted molar refractivity (Wildman–Crippen MR) is 74.2 cm³/mol. The van der Waals surface area contributed by atoms with Gasteiger partial charge in [0.1, 0.15) is 0 Å². The number of carbonyl (C=O) groups is 1. The molecule has 0 aliphatic carbocycles. The molecule has 0 spiro atoms. The third-order valence-electron chi connectivity index (χ3n) is 2.61. The fourth-order valence-corrected chi connectivity index (χ4v) is 2.10. The van der Waals surface area contributed by atoms with Gasteiger partial charge in [-0.3, -0.25) is 9.78 Å². The number of amides is 1. The van der Waals surface area contributed by atoms with Gasteiger partial charge in [0.15, 0.2) is 0 Å². The molecular weight excluding hydrogens is 292 g/mol. The fourth-order valence-electron chi connectivity index (χ4n) is 1.68. The van der Waals surface area contributed by atoms with Gasteiger partial charge < -0.3 is 4.90 Å². The highest BCUT2D eigenvalue weighted by molar-refractivity contribution is 9.10. The molecule has 2 rings (SSSR count). The molecule has 0 bridgehead atoms. The maximum atomic E-state index is 12.2. The number of aromatic nitrogens is 1. The van der Waals surface area contributed by atoms with Crippen LogP contribution in [-0.2, 0) is 6.54 Å². The average molecular weight is 305 g/mol. The first-order chi connectivity index (χ1) is 8.68. The van der Waals surface area contributed by atoms with Crippen molar-refractivity contribution in [1.82, 2.24) is 9.88 Å². The van der Waals surface area contributed by atoms with Crippen LogP contribution in [0.3, 0.4) is 0 Å². The van der Waals surface area contributed by atoms with Crippen molar-refractivity contribution in [2.75, 3.05) is 7.05 Å². The number of pyridine rings is 1. The Morgan fingerprint density at radius 1 is 1.28 bits per heavy atom. The van der Waals surface area contributed by atoms with E-state index in [2.05, 4.69) is 20.9 Å². The highest BCUT2D eigenvalue weighted by Gasteiger charge is 2.14. The van der Waals surface area contributed by atoms with Crippen molar-refractivity contribution >= 4 is 21.8 Å². The van der Waals surface area contributed by atoms with E-state index >= 15 is 0 Å². The van der Waals surface area contributed by atoms with Crippen LogP contribution >= 0.6 is 15.9 Å². The van der Waals surface area contributed by atoms with E-state index in [4.69, 9.17) is 0 Å². The second-order valence-corrected chi connectivity index (χ2v) is 4.86. The van der Waals surface area contributed by atoms with Crippen molar-refractivity contribution in [1.29, 1.82) is 0 Å². The molecule has 92 valence electrons. The molecule has 3 nitrogen and oxygen atoms in total. The van der Waals surface area contributed by atoms with E-state index in [0.717, 1.165) is 10.0 Å². The van der Waals surface area contributed by atoms with E-state index in [-0.39, 0.29) is 5.91 Å². The second kappa shape index (κ2) is 5.78. The number of halogens is 1. The standard InChI is InChI=1S/C14H13BrN2O/c1-17(10-11-5-3-2-4-6-11)14(18)12-7-8-16-9-13(12)15/h2-9H,10H2,1H3. The Morgan fingerprint density at radius 3 is 2.67 bits per heavy atom. The average Bonchev–Trinajstić information content (AvgIpc) is 2.39. The summed E-state index contributed by atoms with van der Waals surface area (Å²) in [7, 11) is 1.79. The van der Waals surface area contributed by atoms with Crippen LogP contribution in [-0.4, -0.2) is 22.8 Å². The van der Waals surface area contributed by atoms with Gasteiger partial charge in [0, 0.05) is 30.5 Å². The van der Waals surface area contributed by atoms with Crippen molar-refractivity contribution in [2.45, 2.75) is 6.54 Å². The van der Waals surface area contributed by atoms with Crippen molar-refractivity contribution in [3.05, 3.63) is 64.4 Å². The maximum absolute atomic E-state index is 12.2. The Morgan fingerprint density at radius 2 is 2.00 bits per heavy atom. The van der Waals surface area contributed by atoms with Crippen LogP contribution in [0, 0.1) is 0 Å². The molecule has 0 atom stereocenters. The van der Waals surface area contributed by atoms with E-state index in [1.807, 2.05) is 30.3 Å². The largest absolute Gasteiger partial charge is 0.337 e. The summed E-state index contributed by atoms with van der Waals surface area (Å²) in [6.45, 7) is 0.592. The Hall–Kier alpha value is -1.68. The number of carbonyl (C=O) groups excluding carboxylic acids is 1. The number of rotatable bonds is 3. The first kappa shape index (κ1) is 12.8. The predicted octanol–water partition coefficient (Wildman–Crippen LogP) is 3.12. The van der Waals surface area contributed by atoms with Gasteiger partial charge in [0.2, 0.25) is 0 Å². The Labute approximate surface area is 115 Å². The number of nitrogens with zero attached hydrogens (tertiary/aromatic N) is 2. The summed E-state index contributed by atoms with van der Waals surface area (Å²) in [4.78, 5) is 17.9. The van der Waals surface area contributed by atoms with E-state index in [0.29, 0.717) is 12.1 Å². The third kappa shape index (κ3) is 2.96. The third-order valence-corrected chi connectivity index (χ3v) is 3.24. The topological polar surface area (TPSA) is 33.2 Å². The smallest absolute Gasteiger partial charge is 0.255 e. The Kier molecular flexibility index (Phi) is 4.10. The van der Waals surface area contributed by atoms with Crippen molar-refractivity contribution in [3.63, 3.8) is 0 Å². The molecule has 0 saturated carbocycles. The zero-order valence-electron chi connectivity index (χ0n) is 10.0. The molecule has 0 unspecified atom stereocenters. The first-order valence-corrected chi connectivity index (χ1v) is 6.36. The van der Waals surface area contributed by atoms with Crippen LogP contribution in [0.25, 0.3) is 0 Å². The van der Waals surface area contributed by atoms with Crippen LogP contribution in [0.4, 0.5) is 0 Å². The first-order valence-electron chi connectivity index (χ1n) is 5.57. The zero-order chi connectivity index (χ0) is 13.0. The Balaban J connectivity index is 2.13. The molecule has 2 aromatic rings. The van der Waals surface area contributed by atoms with E-state index < -0.39 is 0 Å². The summed E-state index contributed by atoms with van der Waals surface area (Å²) in [6.07, 6.45) is 3.25. The van der Waals surface area contributed by atoms with Gasteiger partial charge in [-0.05, 0) is 27.6 Å². The van der Waals surface area contributed by atoms with Crippen molar-refractivity contribution in [2.24, 2.45) is 0 Å². The molecule has 0 aliphatic rings. The highest BCUT2D eigenvalue weighted by Crippen LogP contribution is 2.17. The van der Waals surface area contributed by atoms with Crippen LogP contribution in [0.15, 0.2) is 53.3 Å². The summed E-state index contributed by atoms with van der Waals surface area (Å²) >= 11 is 3.34. The quantitative estimate of drug-likeness (QED) is 0.873. The number of hydrogen-bond donors (Lipinski definition) is 0. The SMILES string of the molecule is CN(Cc1ccccc1)C(=O)c1ccncc1Br. The van der Waals surface area contributed by atoms with E-state index in [9.17, 15) is 4.79 Å². The summed E-state index contributed by atoms with van der Waals surface area (Å²) in [5.74, 6) is -0.0203. The van der Waals surface area contributed by atoms with E-state index in [1.165, 1.54) is 0 Å². The Bertz CT molecular complexity index is 543. The lowest BCUT2D eigenvalue weighted by molar-refractivity contribution is 0.0784. The van der Waals surface area contributed by atoms with Crippen molar-refractivity contribution in [3.8, 4) is 0 Å². The second-order valence-electron chi connectivity index (χ2n) is 4.00. The molecule has 0 N–H and O–H groups in total. The van der Waals surface area contributed by atoms with Crippen LogP contribution < -0.4 is 0 Å². The summed E-state index contributed by atoms with van der Waals surface area (Å²) in [6, 6.07) is 11.6. The van der Waals surface area contributed by atoms with Crippen molar-refractivity contribution < 1.29 is 4.79 Å². The molecule has 0 radical (unpaired) electrons. The van der Waals surface area contributed by atoms with Gasteiger partial charge in [-0.25, -0.2) is 0 Å². The van der Waals surface area contributed by atoms with Gasteiger partial charge in [-0.2, -0.15) is 0 Å². The summed E-state index contributed by atoms with van der Waals surface area (Å²) in [5, 5.41) is 0. The van der Waals surface area contributed by atoms with Gasteiger partial charge in [0.25, 0.3) is 5.91 Å². The van der Waals surface area contributed by atoms with Gasteiger partial charge >= 0.3 is 0 Å². The molecule has 1 aromatic heterocycles. The number of benzene rings is 1. The maximum Gasteiger partial charge on any atom is 0.255 e. The molecule has 0 saturated heterocycles. The molecule has 0 fully saturated rings. The fraction of sp³-hybridized carbons (Fsp3) is 0.143. The molecule has 0 aliphatic heterocycles. The molecule has 18 heavy (non-hydrogen) atoms.